The van der Waals surface area contributed by atoms with Crippen molar-refractivity contribution < 1.29 is 4.79 Å². The van der Waals surface area contributed by atoms with E-state index in [1.807, 2.05) is 24.4 Å². The molecule has 1 aliphatic heterocycles. The van der Waals surface area contributed by atoms with Crippen molar-refractivity contribution >= 4 is 17.7 Å². The number of anilines is 1. The number of guanidine groups is 1. The van der Waals surface area contributed by atoms with Gasteiger partial charge in [-0.2, -0.15) is 0 Å². The molecule has 2 heterocycles. The molecule has 138 valence electrons. The molecular formula is C18H30N6O. The molecular weight excluding hydrogens is 316 g/mol. The van der Waals surface area contributed by atoms with Crippen molar-refractivity contribution in [3.8, 4) is 0 Å². The van der Waals surface area contributed by atoms with Gasteiger partial charge in [-0.3, -0.25) is 4.79 Å². The van der Waals surface area contributed by atoms with E-state index in [2.05, 4.69) is 39.4 Å². The number of carbonyl (C=O) groups is 1. The van der Waals surface area contributed by atoms with E-state index in [0.717, 1.165) is 31.7 Å². The molecule has 25 heavy (non-hydrogen) atoms. The van der Waals surface area contributed by atoms with Crippen LogP contribution in [0.4, 0.5) is 5.82 Å². The average molecular weight is 346 g/mol. The lowest BCUT2D eigenvalue weighted by Gasteiger charge is -2.22. The summed E-state index contributed by atoms with van der Waals surface area (Å²) in [6.45, 7) is 6.22. The maximum atomic E-state index is 11.8. The molecule has 1 amide bonds. The Labute approximate surface area is 150 Å². The van der Waals surface area contributed by atoms with Gasteiger partial charge < -0.3 is 20.4 Å². The molecule has 1 saturated heterocycles. The summed E-state index contributed by atoms with van der Waals surface area (Å²) in [5.74, 6) is 1.70. The molecule has 0 bridgehead atoms. The summed E-state index contributed by atoms with van der Waals surface area (Å²) in [6, 6.07) is 6.55. The smallest absolute Gasteiger partial charge is 0.243 e. The molecule has 1 aliphatic rings. The highest BCUT2D eigenvalue weighted by atomic mass is 16.2. The van der Waals surface area contributed by atoms with Crippen LogP contribution in [0.1, 0.15) is 26.7 Å². The molecule has 2 rings (SSSR count). The van der Waals surface area contributed by atoms with Crippen molar-refractivity contribution in [2.24, 2.45) is 4.99 Å². The Morgan fingerprint density at radius 1 is 1.48 bits per heavy atom. The maximum Gasteiger partial charge on any atom is 0.243 e. The van der Waals surface area contributed by atoms with E-state index in [9.17, 15) is 4.79 Å². The molecule has 1 aromatic heterocycles. The third-order valence-corrected chi connectivity index (χ3v) is 4.37. The minimum atomic E-state index is -0.00761. The summed E-state index contributed by atoms with van der Waals surface area (Å²) >= 11 is 0. The van der Waals surface area contributed by atoms with Crippen LogP contribution < -0.4 is 15.5 Å². The molecule has 0 spiro atoms. The van der Waals surface area contributed by atoms with Crippen LogP contribution in [0.15, 0.2) is 29.4 Å². The first-order chi connectivity index (χ1) is 12.0. The SMILES string of the molecule is CCC(C)NC(=NCC(=O)N(C)C)NC1CCN(c2ccccn2)C1. The minimum Gasteiger partial charge on any atom is -0.354 e. The first-order valence-electron chi connectivity index (χ1n) is 8.93. The number of nitrogens with zero attached hydrogens (tertiary/aromatic N) is 4. The van der Waals surface area contributed by atoms with E-state index in [1.165, 1.54) is 0 Å². The number of aromatic nitrogens is 1. The Morgan fingerprint density at radius 3 is 2.92 bits per heavy atom. The molecule has 2 unspecified atom stereocenters. The summed E-state index contributed by atoms with van der Waals surface area (Å²) in [6.07, 6.45) is 3.83. The van der Waals surface area contributed by atoms with E-state index in [-0.39, 0.29) is 18.5 Å². The quantitative estimate of drug-likeness (QED) is 0.596. The third kappa shape index (κ3) is 5.92. The predicted octanol–water partition coefficient (Wildman–Crippen LogP) is 1.08. The lowest BCUT2D eigenvalue weighted by atomic mass is 10.2. The van der Waals surface area contributed by atoms with E-state index < -0.39 is 0 Å². The van der Waals surface area contributed by atoms with Gasteiger partial charge in [0.1, 0.15) is 12.4 Å². The van der Waals surface area contributed by atoms with Crippen molar-refractivity contribution in [2.75, 3.05) is 38.6 Å². The van der Waals surface area contributed by atoms with Crippen LogP contribution in [0, 0.1) is 0 Å². The number of pyridine rings is 1. The monoisotopic (exact) mass is 346 g/mol. The van der Waals surface area contributed by atoms with Crippen LogP contribution in [-0.4, -0.2) is 67.6 Å². The van der Waals surface area contributed by atoms with Gasteiger partial charge in [-0.05, 0) is 31.9 Å². The first kappa shape index (κ1) is 19.0. The largest absolute Gasteiger partial charge is 0.354 e. The van der Waals surface area contributed by atoms with Crippen LogP contribution in [0.3, 0.4) is 0 Å². The normalized spacial score (nSPS) is 18.8. The van der Waals surface area contributed by atoms with Crippen LogP contribution in [0.5, 0.6) is 0 Å². The highest BCUT2D eigenvalue weighted by Gasteiger charge is 2.24. The fourth-order valence-corrected chi connectivity index (χ4v) is 2.58. The van der Waals surface area contributed by atoms with Gasteiger partial charge in [-0.1, -0.05) is 13.0 Å². The highest BCUT2D eigenvalue weighted by molar-refractivity contribution is 5.85. The zero-order valence-corrected chi connectivity index (χ0v) is 15.7. The third-order valence-electron chi connectivity index (χ3n) is 4.37. The molecule has 0 radical (unpaired) electrons. The number of rotatable bonds is 6. The van der Waals surface area contributed by atoms with Crippen molar-refractivity contribution in [1.82, 2.24) is 20.5 Å². The van der Waals surface area contributed by atoms with Gasteiger partial charge in [0.15, 0.2) is 5.96 Å². The van der Waals surface area contributed by atoms with Crippen molar-refractivity contribution in [3.05, 3.63) is 24.4 Å². The Bertz CT molecular complexity index is 574. The lowest BCUT2D eigenvalue weighted by molar-refractivity contribution is -0.127. The van der Waals surface area contributed by atoms with Gasteiger partial charge in [-0.25, -0.2) is 9.98 Å². The lowest BCUT2D eigenvalue weighted by Crippen LogP contribution is -2.48. The Balaban J connectivity index is 1.96. The van der Waals surface area contributed by atoms with Crippen LogP contribution in [0.2, 0.25) is 0 Å². The zero-order valence-electron chi connectivity index (χ0n) is 15.7. The second kappa shape index (κ2) is 9.25. The molecule has 0 saturated carbocycles. The Kier molecular flexibility index (Phi) is 7.03. The fraction of sp³-hybridized carbons (Fsp3) is 0.611. The van der Waals surface area contributed by atoms with Crippen molar-refractivity contribution in [2.45, 2.75) is 38.8 Å². The molecule has 7 nitrogen and oxygen atoms in total. The van der Waals surface area contributed by atoms with E-state index in [4.69, 9.17) is 0 Å². The Hall–Kier alpha value is -2.31. The molecule has 7 heteroatoms. The number of carbonyl (C=O) groups excluding carboxylic acids is 1. The van der Waals surface area contributed by atoms with Crippen LogP contribution in [-0.2, 0) is 4.79 Å². The molecule has 2 atom stereocenters. The van der Waals surface area contributed by atoms with Gasteiger partial charge in [0, 0.05) is 45.5 Å². The van der Waals surface area contributed by atoms with Gasteiger partial charge in [0.2, 0.25) is 5.91 Å². The molecule has 1 aromatic rings. The van der Waals surface area contributed by atoms with Gasteiger partial charge >= 0.3 is 0 Å². The summed E-state index contributed by atoms with van der Waals surface area (Å²) in [5, 5.41) is 6.85. The Morgan fingerprint density at radius 2 is 2.28 bits per heavy atom. The average Bonchev–Trinajstić information content (AvgIpc) is 3.08. The fourth-order valence-electron chi connectivity index (χ4n) is 2.58. The van der Waals surface area contributed by atoms with E-state index >= 15 is 0 Å². The van der Waals surface area contributed by atoms with Crippen LogP contribution in [0.25, 0.3) is 0 Å². The topological polar surface area (TPSA) is 72.9 Å². The number of nitrogens with one attached hydrogen (secondary N) is 2. The molecule has 2 N–H and O–H groups in total. The molecule has 1 fully saturated rings. The predicted molar refractivity (Wildman–Crippen MR) is 102 cm³/mol. The number of hydrogen-bond acceptors (Lipinski definition) is 4. The van der Waals surface area contributed by atoms with Crippen molar-refractivity contribution in [1.29, 1.82) is 0 Å². The second-order valence-electron chi connectivity index (χ2n) is 6.67. The number of aliphatic imine (C=N–C) groups is 1. The summed E-state index contributed by atoms with van der Waals surface area (Å²) in [5.41, 5.74) is 0. The zero-order chi connectivity index (χ0) is 18.2. The van der Waals surface area contributed by atoms with Gasteiger partial charge in [-0.15, -0.1) is 0 Å². The summed E-state index contributed by atoms with van der Waals surface area (Å²) in [7, 11) is 3.49. The highest BCUT2D eigenvalue weighted by Crippen LogP contribution is 2.17. The summed E-state index contributed by atoms with van der Waals surface area (Å²) < 4.78 is 0. The summed E-state index contributed by atoms with van der Waals surface area (Å²) in [4.78, 5) is 24.5. The minimum absolute atomic E-state index is 0.00761. The standard InChI is InChI=1S/C18H30N6O/c1-5-14(2)21-18(20-12-17(25)23(3)4)22-15-9-11-24(13-15)16-8-6-7-10-19-16/h6-8,10,14-15H,5,9,11-13H2,1-4H3,(H2,20,21,22). The second-order valence-corrected chi connectivity index (χ2v) is 6.67. The van der Waals surface area contributed by atoms with E-state index in [1.54, 1.807) is 19.0 Å². The van der Waals surface area contributed by atoms with Crippen molar-refractivity contribution in [3.63, 3.8) is 0 Å². The molecule has 0 aliphatic carbocycles. The van der Waals surface area contributed by atoms with E-state index in [0.29, 0.717) is 12.0 Å². The first-order valence-corrected chi connectivity index (χ1v) is 8.93. The van der Waals surface area contributed by atoms with Gasteiger partial charge in [0.25, 0.3) is 0 Å². The molecule has 0 aromatic carbocycles. The number of likely N-dealkylation sites (N-methyl/N-ethyl adjacent to an activating group) is 1. The van der Waals surface area contributed by atoms with Gasteiger partial charge in [0.05, 0.1) is 0 Å². The van der Waals surface area contributed by atoms with Crippen LogP contribution >= 0.6 is 0 Å². The number of hydrogen-bond donors (Lipinski definition) is 2. The number of amides is 1. The maximum absolute atomic E-state index is 11.8.